The third kappa shape index (κ3) is 3.89. The molecule has 8 nitrogen and oxygen atoms in total. The maximum absolute atomic E-state index is 12.6. The van der Waals surface area contributed by atoms with Gasteiger partial charge < -0.3 is 10.0 Å². The van der Waals surface area contributed by atoms with Crippen LogP contribution in [0.15, 0.2) is 42.6 Å². The number of benzene rings is 1. The molecule has 0 saturated heterocycles. The highest BCUT2D eigenvalue weighted by molar-refractivity contribution is 7.22. The minimum absolute atomic E-state index is 0.245. The Hall–Kier alpha value is -3.30. The molecule has 31 heavy (non-hydrogen) atoms. The molecule has 0 atom stereocenters. The van der Waals surface area contributed by atoms with E-state index in [0.717, 1.165) is 41.2 Å². The molecule has 0 spiro atoms. The molecule has 0 saturated carbocycles. The smallest absolute Gasteiger partial charge is 0.257 e. The summed E-state index contributed by atoms with van der Waals surface area (Å²) >= 11 is 1.35. The second kappa shape index (κ2) is 7.44. The molecule has 0 unspecified atom stereocenters. The number of fused-ring (bicyclic) bond motifs is 2. The fraction of sp³-hybridized carbons (Fsp3) is 0.273. The first-order valence-electron chi connectivity index (χ1n) is 10.0. The van der Waals surface area contributed by atoms with Gasteiger partial charge in [-0.05, 0) is 43.7 Å². The Bertz CT molecular complexity index is 1260. The lowest BCUT2D eigenvalue weighted by molar-refractivity contribution is 0.0785. The second-order valence-electron chi connectivity index (χ2n) is 8.15. The first kappa shape index (κ1) is 19.7. The van der Waals surface area contributed by atoms with E-state index in [9.17, 15) is 9.90 Å². The average Bonchev–Trinajstić information content (AvgIpc) is 3.38. The third-order valence-electron chi connectivity index (χ3n) is 5.44. The largest absolute Gasteiger partial charge is 0.386 e. The van der Waals surface area contributed by atoms with E-state index in [1.54, 1.807) is 38.1 Å². The van der Waals surface area contributed by atoms with Crippen LogP contribution >= 0.6 is 11.3 Å². The predicted molar refractivity (Wildman–Crippen MR) is 120 cm³/mol. The summed E-state index contributed by atoms with van der Waals surface area (Å²) in [6, 6.07) is 10.8. The van der Waals surface area contributed by atoms with Crippen LogP contribution in [-0.4, -0.2) is 37.7 Å². The van der Waals surface area contributed by atoms with Gasteiger partial charge in [0.2, 0.25) is 0 Å². The molecule has 4 aromatic rings. The minimum Gasteiger partial charge on any atom is -0.386 e. The molecular formula is C22H22N6O2S. The van der Waals surface area contributed by atoms with Crippen molar-refractivity contribution in [3.05, 3.63) is 65.0 Å². The number of thiazole rings is 1. The van der Waals surface area contributed by atoms with Crippen LogP contribution in [0.5, 0.6) is 0 Å². The summed E-state index contributed by atoms with van der Waals surface area (Å²) < 4.78 is 0. The second-order valence-corrected chi connectivity index (χ2v) is 9.13. The quantitative estimate of drug-likeness (QED) is 0.454. The van der Waals surface area contributed by atoms with Crippen molar-refractivity contribution in [2.24, 2.45) is 0 Å². The van der Waals surface area contributed by atoms with E-state index in [2.05, 4.69) is 25.4 Å². The zero-order valence-corrected chi connectivity index (χ0v) is 18.0. The summed E-state index contributed by atoms with van der Waals surface area (Å²) in [5.41, 5.74) is 3.45. The van der Waals surface area contributed by atoms with E-state index in [1.165, 1.54) is 22.6 Å². The molecular weight excluding hydrogens is 412 g/mol. The fourth-order valence-corrected chi connectivity index (χ4v) is 4.48. The van der Waals surface area contributed by atoms with Gasteiger partial charge in [0.15, 0.2) is 5.13 Å². The monoisotopic (exact) mass is 434 g/mol. The summed E-state index contributed by atoms with van der Waals surface area (Å²) in [6.07, 6.45) is 2.78. The Kier molecular flexibility index (Phi) is 4.71. The lowest BCUT2D eigenvalue weighted by Gasteiger charge is -2.27. The zero-order valence-electron chi connectivity index (χ0n) is 17.2. The number of nitrogens with zero attached hydrogens (tertiary/aromatic N) is 4. The van der Waals surface area contributed by atoms with E-state index < -0.39 is 5.60 Å². The number of carbonyl (C=O) groups excluding carboxylic acids is 1. The number of hydrogen-bond donors (Lipinski definition) is 3. The molecule has 0 fully saturated rings. The maximum Gasteiger partial charge on any atom is 0.257 e. The predicted octanol–water partition coefficient (Wildman–Crippen LogP) is 3.46. The van der Waals surface area contributed by atoms with Crippen LogP contribution < -0.4 is 10.2 Å². The molecule has 0 aliphatic carbocycles. The van der Waals surface area contributed by atoms with E-state index in [4.69, 9.17) is 4.98 Å². The first-order valence-corrected chi connectivity index (χ1v) is 10.9. The molecule has 5 rings (SSSR count). The molecule has 1 aliphatic heterocycles. The van der Waals surface area contributed by atoms with Gasteiger partial charge in [-0.2, -0.15) is 5.10 Å². The Morgan fingerprint density at radius 3 is 2.77 bits per heavy atom. The molecule has 1 aliphatic rings. The summed E-state index contributed by atoms with van der Waals surface area (Å²) in [4.78, 5) is 24.9. The van der Waals surface area contributed by atoms with Crippen LogP contribution in [0.3, 0.4) is 0 Å². The van der Waals surface area contributed by atoms with Gasteiger partial charge in [-0.3, -0.25) is 15.2 Å². The molecule has 0 bridgehead atoms. The summed E-state index contributed by atoms with van der Waals surface area (Å²) in [5, 5.41) is 20.6. The van der Waals surface area contributed by atoms with Crippen molar-refractivity contribution in [3.63, 3.8) is 0 Å². The highest BCUT2D eigenvalue weighted by atomic mass is 32.1. The van der Waals surface area contributed by atoms with Crippen LogP contribution in [-0.2, 0) is 18.6 Å². The van der Waals surface area contributed by atoms with E-state index in [0.29, 0.717) is 10.7 Å². The highest BCUT2D eigenvalue weighted by Gasteiger charge is 2.20. The number of hydrogen-bond acceptors (Lipinski definition) is 7. The topological polar surface area (TPSA) is 107 Å². The Morgan fingerprint density at radius 2 is 2.00 bits per heavy atom. The number of nitrogens with one attached hydrogen (secondary N) is 2. The summed E-state index contributed by atoms with van der Waals surface area (Å²) in [5.74, 6) is 0.646. The van der Waals surface area contributed by atoms with Crippen LogP contribution in [0.2, 0.25) is 0 Å². The molecule has 4 heterocycles. The lowest BCUT2D eigenvalue weighted by Crippen LogP contribution is -2.30. The number of aromatic nitrogens is 4. The van der Waals surface area contributed by atoms with Gasteiger partial charge in [-0.25, -0.2) is 9.97 Å². The number of aliphatic hydroxyl groups is 1. The van der Waals surface area contributed by atoms with Crippen molar-refractivity contribution in [2.75, 3.05) is 16.8 Å². The van der Waals surface area contributed by atoms with E-state index in [1.807, 2.05) is 18.3 Å². The maximum atomic E-state index is 12.6. The summed E-state index contributed by atoms with van der Waals surface area (Å²) in [6.45, 7) is 5.06. The van der Waals surface area contributed by atoms with Gasteiger partial charge in [-0.15, -0.1) is 0 Å². The highest BCUT2D eigenvalue weighted by Crippen LogP contribution is 2.29. The number of rotatable bonds is 4. The molecule has 9 heteroatoms. The standard InChI is InChI=1S/C22H22N6O2S/c1-22(2,30)15-5-3-13(4-6-15)19(29)26-21-24-17-7-8-18(25-20(17)31-21)28-10-9-16-14(12-28)11-23-27-16/h3-8,11,30H,9-10,12H2,1-2H3,(H,23,27)(H,24,26,29). The fourth-order valence-electron chi connectivity index (χ4n) is 3.65. The lowest BCUT2D eigenvalue weighted by atomic mass is 9.97. The summed E-state index contributed by atoms with van der Waals surface area (Å²) in [7, 11) is 0. The molecule has 1 aromatic carbocycles. The zero-order chi connectivity index (χ0) is 21.6. The number of H-pyrrole nitrogens is 1. The van der Waals surface area contributed by atoms with Crippen LogP contribution in [0.1, 0.15) is 41.0 Å². The Morgan fingerprint density at radius 1 is 1.19 bits per heavy atom. The average molecular weight is 435 g/mol. The van der Waals surface area contributed by atoms with Gasteiger partial charge in [0.25, 0.3) is 5.91 Å². The SMILES string of the molecule is CC(C)(O)c1ccc(C(=O)Nc2nc3ccc(N4CCc5[nH]ncc5C4)nc3s2)cc1. The van der Waals surface area contributed by atoms with Gasteiger partial charge in [0.1, 0.15) is 16.2 Å². The number of anilines is 2. The third-order valence-corrected chi connectivity index (χ3v) is 6.32. The van der Waals surface area contributed by atoms with E-state index in [-0.39, 0.29) is 5.91 Å². The molecule has 3 aromatic heterocycles. The van der Waals surface area contributed by atoms with Crippen LogP contribution in [0.4, 0.5) is 10.9 Å². The number of aromatic amines is 1. The van der Waals surface area contributed by atoms with Gasteiger partial charge in [0.05, 0.1) is 11.8 Å². The van der Waals surface area contributed by atoms with Crippen LogP contribution in [0.25, 0.3) is 10.3 Å². The van der Waals surface area contributed by atoms with Gasteiger partial charge in [-0.1, -0.05) is 23.5 Å². The number of carbonyl (C=O) groups is 1. The van der Waals surface area contributed by atoms with Crippen LogP contribution in [0, 0.1) is 0 Å². The van der Waals surface area contributed by atoms with Crippen molar-refractivity contribution >= 4 is 38.5 Å². The molecule has 0 radical (unpaired) electrons. The first-order chi connectivity index (χ1) is 14.9. The minimum atomic E-state index is -0.945. The van der Waals surface area contributed by atoms with Crippen molar-refractivity contribution in [2.45, 2.75) is 32.4 Å². The molecule has 1 amide bonds. The Labute approximate surface area is 183 Å². The van der Waals surface area contributed by atoms with Crippen molar-refractivity contribution < 1.29 is 9.90 Å². The normalized spacial score (nSPS) is 14.0. The van der Waals surface area contributed by atoms with Crippen molar-refractivity contribution in [1.29, 1.82) is 0 Å². The van der Waals surface area contributed by atoms with Crippen molar-refractivity contribution in [1.82, 2.24) is 20.2 Å². The van der Waals surface area contributed by atoms with Gasteiger partial charge in [0, 0.05) is 36.3 Å². The molecule has 158 valence electrons. The number of amides is 1. The van der Waals surface area contributed by atoms with E-state index >= 15 is 0 Å². The van der Waals surface area contributed by atoms with Gasteiger partial charge >= 0.3 is 0 Å². The number of pyridine rings is 1. The van der Waals surface area contributed by atoms with Crippen molar-refractivity contribution in [3.8, 4) is 0 Å². The Balaban J connectivity index is 1.33. The molecule has 3 N–H and O–H groups in total.